The third-order valence-electron chi connectivity index (χ3n) is 5.41. The van der Waals surface area contributed by atoms with Crippen molar-refractivity contribution in [3.05, 3.63) is 41.0 Å². The van der Waals surface area contributed by atoms with E-state index in [4.69, 9.17) is 14.2 Å². The average Bonchev–Trinajstić information content (AvgIpc) is 3.05. The van der Waals surface area contributed by atoms with Crippen molar-refractivity contribution in [2.75, 3.05) is 27.5 Å². The summed E-state index contributed by atoms with van der Waals surface area (Å²) in [4.78, 5) is 2.45. The summed E-state index contributed by atoms with van der Waals surface area (Å²) in [6.45, 7) is 1.38. The van der Waals surface area contributed by atoms with Crippen molar-refractivity contribution in [3.63, 3.8) is 0 Å². The Kier molecular flexibility index (Phi) is 2.68. The highest BCUT2D eigenvalue weighted by Crippen LogP contribution is 2.54. The molecule has 0 fully saturated rings. The van der Waals surface area contributed by atoms with Crippen molar-refractivity contribution in [3.8, 4) is 28.4 Å². The van der Waals surface area contributed by atoms with Crippen LogP contribution in [0, 0.1) is 0 Å². The van der Waals surface area contributed by atoms with Gasteiger partial charge < -0.3 is 14.2 Å². The predicted octanol–water partition coefficient (Wildman–Crippen LogP) is 3.18. The first-order valence-corrected chi connectivity index (χ1v) is 8.10. The number of ether oxygens (including phenoxy) is 3. The summed E-state index contributed by atoms with van der Waals surface area (Å²) in [5, 5.41) is 0. The van der Waals surface area contributed by atoms with E-state index in [1.807, 2.05) is 6.07 Å². The zero-order valence-corrected chi connectivity index (χ0v) is 13.4. The van der Waals surface area contributed by atoms with Gasteiger partial charge >= 0.3 is 0 Å². The number of methoxy groups -OCH3 is 1. The third kappa shape index (κ3) is 1.70. The Morgan fingerprint density at radius 1 is 1.26 bits per heavy atom. The van der Waals surface area contributed by atoms with Crippen LogP contribution in [0.25, 0.3) is 11.1 Å². The van der Waals surface area contributed by atoms with Crippen molar-refractivity contribution in [2.24, 2.45) is 0 Å². The van der Waals surface area contributed by atoms with Crippen molar-refractivity contribution in [1.82, 2.24) is 4.90 Å². The van der Waals surface area contributed by atoms with Gasteiger partial charge in [0.2, 0.25) is 6.79 Å². The first kappa shape index (κ1) is 13.3. The van der Waals surface area contributed by atoms with Gasteiger partial charge in [0.25, 0.3) is 0 Å². The maximum Gasteiger partial charge on any atom is 0.231 e. The fourth-order valence-corrected chi connectivity index (χ4v) is 4.29. The van der Waals surface area contributed by atoms with Crippen LogP contribution in [-0.2, 0) is 12.8 Å². The molecule has 2 aromatic rings. The van der Waals surface area contributed by atoms with Gasteiger partial charge in [-0.15, -0.1) is 0 Å². The quantitative estimate of drug-likeness (QED) is 0.809. The van der Waals surface area contributed by atoms with E-state index in [2.05, 4.69) is 30.1 Å². The van der Waals surface area contributed by atoms with Crippen LogP contribution < -0.4 is 14.2 Å². The average molecular weight is 309 g/mol. The Bertz CT molecular complexity index is 815. The van der Waals surface area contributed by atoms with Crippen LogP contribution in [0.3, 0.4) is 0 Å². The van der Waals surface area contributed by atoms with E-state index < -0.39 is 0 Å². The van der Waals surface area contributed by atoms with Crippen molar-refractivity contribution in [2.45, 2.75) is 18.9 Å². The fourth-order valence-electron chi connectivity index (χ4n) is 4.29. The van der Waals surface area contributed by atoms with Crippen LogP contribution in [-0.4, -0.2) is 32.4 Å². The van der Waals surface area contributed by atoms with E-state index in [-0.39, 0.29) is 0 Å². The molecule has 5 rings (SSSR count). The summed E-state index contributed by atoms with van der Waals surface area (Å²) >= 11 is 0. The molecule has 4 heteroatoms. The Labute approximate surface area is 135 Å². The number of rotatable bonds is 1. The SMILES string of the molecule is COc1cccc2c1CC1c3c(cc4c(c3-2)OCO4)CCN1C. The standard InChI is InChI=1S/C19H19NO3/c1-20-7-6-11-8-16-19(23-10-22-16)18-12-4-3-5-15(21-2)13(12)9-14(20)17(11)18/h3-5,8,14H,6-7,9-10H2,1-2H3. The molecule has 23 heavy (non-hydrogen) atoms. The molecular formula is C19H19NO3. The molecule has 4 nitrogen and oxygen atoms in total. The predicted molar refractivity (Wildman–Crippen MR) is 87.3 cm³/mol. The van der Waals surface area contributed by atoms with Gasteiger partial charge in [-0.3, -0.25) is 4.90 Å². The maximum atomic E-state index is 5.85. The van der Waals surface area contributed by atoms with Crippen LogP contribution in [0.5, 0.6) is 17.2 Å². The smallest absolute Gasteiger partial charge is 0.231 e. The first-order valence-electron chi connectivity index (χ1n) is 8.10. The minimum absolute atomic E-state index is 0.311. The number of hydrogen-bond donors (Lipinski definition) is 0. The van der Waals surface area contributed by atoms with Crippen LogP contribution in [0.15, 0.2) is 24.3 Å². The summed E-state index contributed by atoms with van der Waals surface area (Å²) in [5.74, 6) is 2.75. The third-order valence-corrected chi connectivity index (χ3v) is 5.41. The first-order chi connectivity index (χ1) is 11.3. The molecule has 1 atom stereocenters. The fraction of sp³-hybridized carbons (Fsp3) is 0.368. The zero-order valence-electron chi connectivity index (χ0n) is 13.4. The molecule has 0 spiro atoms. The summed E-state index contributed by atoms with van der Waals surface area (Å²) in [6.07, 6.45) is 2.04. The summed E-state index contributed by atoms with van der Waals surface area (Å²) < 4.78 is 17.2. The molecular weight excluding hydrogens is 290 g/mol. The largest absolute Gasteiger partial charge is 0.496 e. The molecule has 2 aliphatic heterocycles. The lowest BCUT2D eigenvalue weighted by molar-refractivity contribution is 0.174. The van der Waals surface area contributed by atoms with Gasteiger partial charge in [-0.1, -0.05) is 12.1 Å². The Morgan fingerprint density at radius 2 is 2.17 bits per heavy atom. The van der Waals surface area contributed by atoms with Crippen molar-refractivity contribution >= 4 is 0 Å². The monoisotopic (exact) mass is 309 g/mol. The van der Waals surface area contributed by atoms with Gasteiger partial charge in [0.1, 0.15) is 5.75 Å². The molecule has 0 amide bonds. The second-order valence-electron chi connectivity index (χ2n) is 6.50. The highest BCUT2D eigenvalue weighted by molar-refractivity contribution is 5.85. The lowest BCUT2D eigenvalue weighted by Crippen LogP contribution is -2.35. The number of fused-ring (bicyclic) bond motifs is 4. The minimum Gasteiger partial charge on any atom is -0.496 e. The van der Waals surface area contributed by atoms with Gasteiger partial charge in [0.15, 0.2) is 11.5 Å². The molecule has 1 unspecified atom stereocenters. The number of hydrogen-bond acceptors (Lipinski definition) is 4. The van der Waals surface area contributed by atoms with E-state index in [1.165, 1.54) is 27.8 Å². The molecule has 2 heterocycles. The lowest BCUT2D eigenvalue weighted by atomic mass is 9.76. The zero-order chi connectivity index (χ0) is 15.6. The van der Waals surface area contributed by atoms with Gasteiger partial charge in [-0.05, 0) is 48.7 Å². The van der Waals surface area contributed by atoms with Gasteiger partial charge in [-0.25, -0.2) is 0 Å². The van der Waals surface area contributed by atoms with E-state index in [0.717, 1.165) is 36.6 Å². The normalized spacial score (nSPS) is 20.9. The molecule has 0 radical (unpaired) electrons. The van der Waals surface area contributed by atoms with E-state index in [9.17, 15) is 0 Å². The summed E-state index contributed by atoms with van der Waals surface area (Å²) in [7, 11) is 3.96. The van der Waals surface area contributed by atoms with Crippen LogP contribution in [0.1, 0.15) is 22.7 Å². The molecule has 0 bridgehead atoms. The Morgan fingerprint density at radius 3 is 3.04 bits per heavy atom. The Hall–Kier alpha value is -2.20. The topological polar surface area (TPSA) is 30.9 Å². The van der Waals surface area contributed by atoms with Crippen LogP contribution >= 0.6 is 0 Å². The number of likely N-dealkylation sites (N-methyl/N-ethyl adjacent to an activating group) is 1. The summed E-state index contributed by atoms with van der Waals surface area (Å²) in [5.41, 5.74) is 6.54. The van der Waals surface area contributed by atoms with E-state index in [0.29, 0.717) is 12.8 Å². The van der Waals surface area contributed by atoms with Crippen molar-refractivity contribution < 1.29 is 14.2 Å². The molecule has 0 saturated carbocycles. The summed E-state index contributed by atoms with van der Waals surface area (Å²) in [6, 6.07) is 8.86. The van der Waals surface area contributed by atoms with Crippen LogP contribution in [0.2, 0.25) is 0 Å². The van der Waals surface area contributed by atoms with Gasteiger partial charge in [0, 0.05) is 23.7 Å². The van der Waals surface area contributed by atoms with E-state index in [1.54, 1.807) is 7.11 Å². The number of nitrogens with zero attached hydrogens (tertiary/aromatic N) is 1. The highest BCUT2D eigenvalue weighted by Gasteiger charge is 2.38. The highest BCUT2D eigenvalue weighted by atomic mass is 16.7. The van der Waals surface area contributed by atoms with E-state index >= 15 is 0 Å². The Balaban J connectivity index is 1.87. The molecule has 1 aliphatic carbocycles. The van der Waals surface area contributed by atoms with Crippen LogP contribution in [0.4, 0.5) is 0 Å². The second kappa shape index (κ2) is 4.65. The molecule has 0 saturated heterocycles. The molecule has 118 valence electrons. The maximum absolute atomic E-state index is 5.85. The molecule has 0 N–H and O–H groups in total. The molecule has 0 aromatic heterocycles. The lowest BCUT2D eigenvalue weighted by Gasteiger charge is -2.40. The second-order valence-corrected chi connectivity index (χ2v) is 6.50. The van der Waals surface area contributed by atoms with Crippen molar-refractivity contribution in [1.29, 1.82) is 0 Å². The van der Waals surface area contributed by atoms with Gasteiger partial charge in [-0.2, -0.15) is 0 Å². The molecule has 3 aliphatic rings. The number of benzene rings is 2. The minimum atomic E-state index is 0.311. The molecule has 2 aromatic carbocycles. The van der Waals surface area contributed by atoms with Gasteiger partial charge in [0.05, 0.1) is 7.11 Å².